The number of ether oxygens (including phenoxy) is 2. The standard InChI is InChI=1S/C27H33N5O4/c1-15-5-8-21(36-12-18-6-7-18)20(9-15)24-26-25(29-14-28-24)23(17(3)30-26)27(34)31-19-10-16(2)32(11-19)22(33)13-35-4/h5,8-9,14,16,18-19,30H,6-7,10-13H2,1-4H3,(H,31,34)/t16-,19+/m1/s1. The van der Waals surface area contributed by atoms with Gasteiger partial charge in [0.2, 0.25) is 5.91 Å². The van der Waals surface area contributed by atoms with Gasteiger partial charge in [0.05, 0.1) is 17.7 Å². The number of benzene rings is 1. The van der Waals surface area contributed by atoms with E-state index in [0.29, 0.717) is 47.8 Å². The molecule has 1 aliphatic heterocycles. The van der Waals surface area contributed by atoms with E-state index in [2.05, 4.69) is 26.3 Å². The zero-order chi connectivity index (χ0) is 25.4. The number of carbonyl (C=O) groups is 2. The van der Waals surface area contributed by atoms with Crippen molar-refractivity contribution in [1.82, 2.24) is 25.2 Å². The summed E-state index contributed by atoms with van der Waals surface area (Å²) in [6.45, 7) is 7.09. The van der Waals surface area contributed by atoms with Crippen LogP contribution in [0.4, 0.5) is 0 Å². The smallest absolute Gasteiger partial charge is 0.255 e. The first-order valence-corrected chi connectivity index (χ1v) is 12.5. The molecule has 1 saturated carbocycles. The Hall–Kier alpha value is -3.46. The molecule has 0 spiro atoms. The highest BCUT2D eigenvalue weighted by Gasteiger charge is 2.34. The number of nitrogens with zero attached hydrogens (tertiary/aromatic N) is 3. The van der Waals surface area contributed by atoms with Crippen molar-refractivity contribution in [2.24, 2.45) is 5.92 Å². The van der Waals surface area contributed by atoms with Crippen molar-refractivity contribution in [1.29, 1.82) is 0 Å². The summed E-state index contributed by atoms with van der Waals surface area (Å²) in [5.74, 6) is 1.13. The van der Waals surface area contributed by atoms with Gasteiger partial charge in [-0.3, -0.25) is 9.59 Å². The summed E-state index contributed by atoms with van der Waals surface area (Å²) in [7, 11) is 1.51. The zero-order valence-electron chi connectivity index (χ0n) is 21.3. The molecule has 36 heavy (non-hydrogen) atoms. The van der Waals surface area contributed by atoms with Crippen LogP contribution in [-0.2, 0) is 9.53 Å². The molecule has 0 unspecified atom stereocenters. The van der Waals surface area contributed by atoms with Crippen molar-refractivity contribution in [3.63, 3.8) is 0 Å². The van der Waals surface area contributed by atoms with Crippen LogP contribution in [0, 0.1) is 19.8 Å². The highest BCUT2D eigenvalue weighted by Crippen LogP contribution is 2.37. The lowest BCUT2D eigenvalue weighted by Crippen LogP contribution is -2.40. The van der Waals surface area contributed by atoms with Gasteiger partial charge in [-0.05, 0) is 58.1 Å². The van der Waals surface area contributed by atoms with E-state index in [1.807, 2.05) is 32.9 Å². The minimum atomic E-state index is -0.212. The van der Waals surface area contributed by atoms with Gasteiger partial charge in [0.1, 0.15) is 29.9 Å². The molecule has 5 rings (SSSR count). The monoisotopic (exact) mass is 491 g/mol. The Bertz CT molecular complexity index is 1300. The van der Waals surface area contributed by atoms with Gasteiger partial charge in [-0.1, -0.05) is 11.6 Å². The molecule has 1 aliphatic carbocycles. The third-order valence-electron chi connectivity index (χ3n) is 7.06. The minimum Gasteiger partial charge on any atom is -0.493 e. The molecule has 2 atom stereocenters. The predicted octanol–water partition coefficient (Wildman–Crippen LogP) is 3.40. The number of rotatable bonds is 8. The van der Waals surface area contributed by atoms with Crippen LogP contribution in [0.1, 0.15) is 47.8 Å². The lowest BCUT2D eigenvalue weighted by molar-refractivity contribution is -0.135. The first kappa shape index (κ1) is 24.2. The molecule has 3 aromatic rings. The number of aromatic amines is 1. The Kier molecular flexibility index (Phi) is 6.66. The molecule has 2 aliphatic rings. The maximum Gasteiger partial charge on any atom is 0.255 e. The molecular formula is C27H33N5O4. The first-order chi connectivity index (χ1) is 17.4. The van der Waals surface area contributed by atoms with Crippen LogP contribution in [0.15, 0.2) is 24.5 Å². The lowest BCUT2D eigenvalue weighted by atomic mass is 10.1. The van der Waals surface area contributed by atoms with Gasteiger partial charge < -0.3 is 24.7 Å². The molecule has 2 amide bonds. The van der Waals surface area contributed by atoms with Gasteiger partial charge >= 0.3 is 0 Å². The van der Waals surface area contributed by atoms with Crippen LogP contribution in [0.2, 0.25) is 0 Å². The Morgan fingerprint density at radius 2 is 2.03 bits per heavy atom. The molecule has 0 radical (unpaired) electrons. The summed E-state index contributed by atoms with van der Waals surface area (Å²) in [4.78, 5) is 39.9. The lowest BCUT2D eigenvalue weighted by Gasteiger charge is -2.20. The van der Waals surface area contributed by atoms with Gasteiger partial charge in [-0.2, -0.15) is 0 Å². The highest BCUT2D eigenvalue weighted by atomic mass is 16.5. The fraction of sp³-hybridized carbons (Fsp3) is 0.481. The largest absolute Gasteiger partial charge is 0.493 e. The maximum absolute atomic E-state index is 13.4. The van der Waals surface area contributed by atoms with Crippen molar-refractivity contribution in [2.45, 2.75) is 52.1 Å². The molecule has 2 aromatic heterocycles. The van der Waals surface area contributed by atoms with Crippen LogP contribution in [0.25, 0.3) is 22.3 Å². The van der Waals surface area contributed by atoms with Crippen molar-refractivity contribution in [2.75, 3.05) is 26.9 Å². The van der Waals surface area contributed by atoms with E-state index in [1.54, 1.807) is 4.90 Å². The Labute approximate surface area is 210 Å². The third kappa shape index (κ3) is 4.80. The molecule has 3 heterocycles. The van der Waals surface area contributed by atoms with Crippen molar-refractivity contribution >= 4 is 22.8 Å². The maximum atomic E-state index is 13.4. The van der Waals surface area contributed by atoms with Crippen LogP contribution >= 0.6 is 0 Å². The van der Waals surface area contributed by atoms with Crippen LogP contribution < -0.4 is 10.1 Å². The van der Waals surface area contributed by atoms with E-state index in [9.17, 15) is 9.59 Å². The number of methoxy groups -OCH3 is 1. The number of nitrogens with one attached hydrogen (secondary N) is 2. The summed E-state index contributed by atoms with van der Waals surface area (Å²) in [6.07, 6.45) is 4.61. The predicted molar refractivity (Wildman–Crippen MR) is 136 cm³/mol. The van der Waals surface area contributed by atoms with E-state index in [4.69, 9.17) is 9.47 Å². The summed E-state index contributed by atoms with van der Waals surface area (Å²) in [6, 6.07) is 5.98. The normalized spacial score (nSPS) is 19.6. The Morgan fingerprint density at radius 1 is 1.22 bits per heavy atom. The average Bonchev–Trinajstić information content (AvgIpc) is 3.51. The second-order valence-electron chi connectivity index (χ2n) is 10.1. The number of hydrogen-bond acceptors (Lipinski definition) is 6. The van der Waals surface area contributed by atoms with Crippen LogP contribution in [0.5, 0.6) is 5.75 Å². The number of aromatic nitrogens is 3. The van der Waals surface area contributed by atoms with Crippen LogP contribution in [-0.4, -0.2) is 70.6 Å². The van der Waals surface area contributed by atoms with Crippen molar-refractivity contribution in [3.05, 3.63) is 41.3 Å². The van der Waals surface area contributed by atoms with Crippen molar-refractivity contribution in [3.8, 4) is 17.0 Å². The molecule has 1 aromatic carbocycles. The van der Waals surface area contributed by atoms with E-state index in [0.717, 1.165) is 22.6 Å². The molecule has 190 valence electrons. The number of aryl methyl sites for hydroxylation is 2. The second-order valence-corrected chi connectivity index (χ2v) is 10.1. The fourth-order valence-corrected chi connectivity index (χ4v) is 5.00. The number of carbonyl (C=O) groups excluding carboxylic acids is 2. The highest BCUT2D eigenvalue weighted by molar-refractivity contribution is 6.09. The molecule has 9 nitrogen and oxygen atoms in total. The van der Waals surface area contributed by atoms with E-state index in [-0.39, 0.29) is 30.5 Å². The molecule has 2 N–H and O–H groups in total. The van der Waals surface area contributed by atoms with Gasteiger partial charge in [0, 0.05) is 37.0 Å². The van der Waals surface area contributed by atoms with E-state index in [1.165, 1.54) is 26.3 Å². The minimum absolute atomic E-state index is 0.0336. The Morgan fingerprint density at radius 3 is 2.78 bits per heavy atom. The topological polar surface area (TPSA) is 109 Å². The SMILES string of the molecule is COCC(=O)N1C[C@@H](NC(=O)c2c(C)[nH]c3c(-c4cc(C)ccc4OCC4CC4)ncnc23)C[C@H]1C. The summed E-state index contributed by atoms with van der Waals surface area (Å²) in [5, 5.41) is 3.11. The summed E-state index contributed by atoms with van der Waals surface area (Å²) < 4.78 is 11.1. The zero-order valence-corrected chi connectivity index (χ0v) is 21.3. The molecule has 1 saturated heterocycles. The number of amides is 2. The second kappa shape index (κ2) is 9.89. The summed E-state index contributed by atoms with van der Waals surface area (Å²) >= 11 is 0. The number of likely N-dealkylation sites (tertiary alicyclic amines) is 1. The summed E-state index contributed by atoms with van der Waals surface area (Å²) in [5.41, 5.74) is 5.18. The fourth-order valence-electron chi connectivity index (χ4n) is 5.00. The molecule has 2 fully saturated rings. The number of H-pyrrole nitrogens is 1. The Balaban J connectivity index is 1.42. The van der Waals surface area contributed by atoms with E-state index >= 15 is 0 Å². The van der Waals surface area contributed by atoms with Gasteiger partial charge in [-0.15, -0.1) is 0 Å². The number of hydrogen-bond donors (Lipinski definition) is 2. The van der Waals surface area contributed by atoms with Gasteiger partial charge in [0.25, 0.3) is 5.91 Å². The van der Waals surface area contributed by atoms with Gasteiger partial charge in [-0.25, -0.2) is 9.97 Å². The molecule has 0 bridgehead atoms. The van der Waals surface area contributed by atoms with Gasteiger partial charge in [0.15, 0.2) is 0 Å². The molecular weight excluding hydrogens is 458 g/mol. The van der Waals surface area contributed by atoms with Crippen LogP contribution in [0.3, 0.4) is 0 Å². The van der Waals surface area contributed by atoms with E-state index < -0.39 is 0 Å². The average molecular weight is 492 g/mol. The molecule has 9 heteroatoms. The quantitative estimate of drug-likeness (QED) is 0.500. The first-order valence-electron chi connectivity index (χ1n) is 12.5. The van der Waals surface area contributed by atoms with Crippen molar-refractivity contribution < 1.29 is 19.1 Å². The number of fused-ring (bicyclic) bond motifs is 1. The third-order valence-corrected chi connectivity index (χ3v) is 7.06.